The third-order valence-corrected chi connectivity index (χ3v) is 4.36. The molecule has 0 atom stereocenters. The molecule has 1 heterocycles. The molecule has 4 N–H and O–H groups in total. The van der Waals surface area contributed by atoms with Crippen molar-refractivity contribution in [3.8, 4) is 0 Å². The van der Waals surface area contributed by atoms with Crippen LogP contribution in [0.3, 0.4) is 0 Å². The van der Waals surface area contributed by atoms with Crippen molar-refractivity contribution in [3.63, 3.8) is 0 Å². The van der Waals surface area contributed by atoms with Gasteiger partial charge in [-0.3, -0.25) is 4.79 Å². The second-order valence-corrected chi connectivity index (χ2v) is 5.30. The van der Waals surface area contributed by atoms with Gasteiger partial charge in [-0.1, -0.05) is 20.8 Å². The Balaban J connectivity index is 2.32. The Bertz CT molecular complexity index is 603. The number of carbonyl (C=O) groups excluding carboxylic acids is 1. The number of nitrogen functional groups attached to an aromatic ring is 1. The van der Waals surface area contributed by atoms with E-state index in [1.165, 1.54) is 0 Å². The number of nitrogens with one attached hydrogen (secondary N) is 2. The van der Waals surface area contributed by atoms with Crippen molar-refractivity contribution in [3.05, 3.63) is 30.0 Å². The largest absolute Gasteiger partial charge is 0.399 e. The molecular formula is C16H23N3O. The van der Waals surface area contributed by atoms with E-state index in [0.29, 0.717) is 11.3 Å². The van der Waals surface area contributed by atoms with Gasteiger partial charge in [-0.05, 0) is 37.5 Å². The van der Waals surface area contributed by atoms with Crippen molar-refractivity contribution in [2.75, 3.05) is 5.73 Å². The standard InChI is InChI=1S/C16H23N3O/c1-4-16(5-2,6-3)19-15(20)13-10-18-14-9-11(17)7-8-12(13)14/h7-10,18H,4-6,17H2,1-3H3,(H,19,20). The molecule has 2 rings (SSSR count). The second kappa shape index (κ2) is 5.57. The van der Waals surface area contributed by atoms with Gasteiger partial charge in [-0.25, -0.2) is 0 Å². The van der Waals surface area contributed by atoms with Gasteiger partial charge in [0.25, 0.3) is 5.91 Å². The number of aromatic amines is 1. The predicted octanol–water partition coefficient (Wildman–Crippen LogP) is 3.45. The molecule has 20 heavy (non-hydrogen) atoms. The number of anilines is 1. The summed E-state index contributed by atoms with van der Waals surface area (Å²) < 4.78 is 0. The van der Waals surface area contributed by atoms with E-state index < -0.39 is 0 Å². The van der Waals surface area contributed by atoms with Crippen LogP contribution in [0.1, 0.15) is 50.4 Å². The molecule has 108 valence electrons. The summed E-state index contributed by atoms with van der Waals surface area (Å²) in [6.07, 6.45) is 4.55. The second-order valence-electron chi connectivity index (χ2n) is 5.30. The number of hydrogen-bond donors (Lipinski definition) is 3. The number of aromatic nitrogens is 1. The van der Waals surface area contributed by atoms with E-state index >= 15 is 0 Å². The van der Waals surface area contributed by atoms with Crippen LogP contribution in [-0.4, -0.2) is 16.4 Å². The summed E-state index contributed by atoms with van der Waals surface area (Å²) in [6, 6.07) is 5.56. The molecule has 1 aromatic carbocycles. The molecule has 0 aliphatic heterocycles. The number of carbonyl (C=O) groups is 1. The Labute approximate surface area is 119 Å². The molecule has 1 aromatic heterocycles. The average Bonchev–Trinajstić information content (AvgIpc) is 2.87. The summed E-state index contributed by atoms with van der Waals surface area (Å²) in [5, 5.41) is 4.11. The van der Waals surface area contributed by atoms with E-state index in [2.05, 4.69) is 31.1 Å². The minimum atomic E-state index is -0.117. The maximum atomic E-state index is 12.5. The van der Waals surface area contributed by atoms with Crippen LogP contribution in [0.2, 0.25) is 0 Å². The lowest BCUT2D eigenvalue weighted by molar-refractivity contribution is 0.0890. The van der Waals surface area contributed by atoms with Gasteiger partial charge in [0.2, 0.25) is 0 Å². The molecule has 0 aliphatic rings. The van der Waals surface area contributed by atoms with Crippen molar-refractivity contribution < 1.29 is 4.79 Å². The van der Waals surface area contributed by atoms with Gasteiger partial charge >= 0.3 is 0 Å². The van der Waals surface area contributed by atoms with E-state index in [1.54, 1.807) is 6.20 Å². The highest BCUT2D eigenvalue weighted by molar-refractivity contribution is 6.07. The number of amides is 1. The molecule has 0 aliphatic carbocycles. The molecule has 1 amide bonds. The highest BCUT2D eigenvalue weighted by atomic mass is 16.1. The minimum Gasteiger partial charge on any atom is -0.399 e. The van der Waals surface area contributed by atoms with Crippen molar-refractivity contribution in [1.29, 1.82) is 0 Å². The van der Waals surface area contributed by atoms with Crippen LogP contribution in [0.25, 0.3) is 10.9 Å². The quantitative estimate of drug-likeness (QED) is 0.730. The van der Waals surface area contributed by atoms with Crippen LogP contribution in [0, 0.1) is 0 Å². The Hall–Kier alpha value is -1.97. The maximum Gasteiger partial charge on any atom is 0.253 e. The minimum absolute atomic E-state index is 0.0217. The monoisotopic (exact) mass is 273 g/mol. The van der Waals surface area contributed by atoms with Gasteiger partial charge in [0.15, 0.2) is 0 Å². The molecule has 0 bridgehead atoms. The molecule has 0 unspecified atom stereocenters. The number of H-pyrrole nitrogens is 1. The Morgan fingerprint density at radius 3 is 2.50 bits per heavy atom. The van der Waals surface area contributed by atoms with Crippen LogP contribution >= 0.6 is 0 Å². The zero-order chi connectivity index (χ0) is 14.8. The number of hydrogen-bond acceptors (Lipinski definition) is 2. The Kier molecular flexibility index (Phi) is 4.02. The topological polar surface area (TPSA) is 70.9 Å². The first kappa shape index (κ1) is 14.4. The fourth-order valence-electron chi connectivity index (χ4n) is 2.66. The molecule has 0 saturated heterocycles. The van der Waals surface area contributed by atoms with E-state index in [-0.39, 0.29) is 11.4 Å². The Morgan fingerprint density at radius 2 is 1.90 bits per heavy atom. The SMILES string of the molecule is CCC(CC)(CC)NC(=O)c1c[nH]c2cc(N)ccc12. The first-order valence-corrected chi connectivity index (χ1v) is 7.24. The average molecular weight is 273 g/mol. The maximum absolute atomic E-state index is 12.5. The normalized spacial score (nSPS) is 11.8. The van der Waals surface area contributed by atoms with Crippen molar-refractivity contribution in [2.45, 2.75) is 45.6 Å². The molecule has 4 heteroatoms. The lowest BCUT2D eigenvalue weighted by Gasteiger charge is -2.31. The molecule has 0 radical (unpaired) electrons. The fourth-order valence-corrected chi connectivity index (χ4v) is 2.66. The van der Waals surface area contributed by atoms with E-state index in [4.69, 9.17) is 5.73 Å². The van der Waals surface area contributed by atoms with Crippen LogP contribution in [-0.2, 0) is 0 Å². The molecule has 2 aromatic rings. The summed E-state index contributed by atoms with van der Waals surface area (Å²) in [5.41, 5.74) is 7.90. The van der Waals surface area contributed by atoms with Crippen LogP contribution < -0.4 is 11.1 Å². The highest BCUT2D eigenvalue weighted by Crippen LogP contribution is 2.24. The molecule has 4 nitrogen and oxygen atoms in total. The van der Waals surface area contributed by atoms with Gasteiger partial charge in [-0.15, -0.1) is 0 Å². The summed E-state index contributed by atoms with van der Waals surface area (Å²) in [4.78, 5) is 15.6. The number of nitrogens with two attached hydrogens (primary N) is 1. The smallest absolute Gasteiger partial charge is 0.253 e. The van der Waals surface area contributed by atoms with Gasteiger partial charge in [0.05, 0.1) is 5.56 Å². The summed E-state index contributed by atoms with van der Waals surface area (Å²) >= 11 is 0. The predicted molar refractivity (Wildman–Crippen MR) is 83.8 cm³/mol. The first-order valence-electron chi connectivity index (χ1n) is 7.24. The van der Waals surface area contributed by atoms with Gasteiger partial charge in [-0.2, -0.15) is 0 Å². The molecule has 0 spiro atoms. The zero-order valence-electron chi connectivity index (χ0n) is 12.4. The van der Waals surface area contributed by atoms with Gasteiger partial charge in [0.1, 0.15) is 0 Å². The van der Waals surface area contributed by atoms with Crippen molar-refractivity contribution >= 4 is 22.5 Å². The van der Waals surface area contributed by atoms with Crippen LogP contribution in [0.5, 0.6) is 0 Å². The summed E-state index contributed by atoms with van der Waals surface area (Å²) in [5.74, 6) is -0.0217. The highest BCUT2D eigenvalue weighted by Gasteiger charge is 2.27. The van der Waals surface area contributed by atoms with Crippen molar-refractivity contribution in [2.24, 2.45) is 0 Å². The van der Waals surface area contributed by atoms with E-state index in [1.807, 2.05) is 18.2 Å². The molecule has 0 saturated carbocycles. The zero-order valence-corrected chi connectivity index (χ0v) is 12.4. The van der Waals surface area contributed by atoms with Gasteiger partial charge < -0.3 is 16.0 Å². The molecular weight excluding hydrogens is 250 g/mol. The van der Waals surface area contributed by atoms with E-state index in [0.717, 1.165) is 30.2 Å². The van der Waals surface area contributed by atoms with Crippen molar-refractivity contribution in [1.82, 2.24) is 10.3 Å². The number of fused-ring (bicyclic) bond motifs is 1. The van der Waals surface area contributed by atoms with Gasteiger partial charge in [0, 0.05) is 28.3 Å². The van der Waals surface area contributed by atoms with Crippen LogP contribution in [0.4, 0.5) is 5.69 Å². The summed E-state index contributed by atoms with van der Waals surface area (Å²) in [6.45, 7) is 6.34. The molecule has 0 fully saturated rings. The third-order valence-electron chi connectivity index (χ3n) is 4.36. The lowest BCUT2D eigenvalue weighted by atomic mass is 9.89. The van der Waals surface area contributed by atoms with Crippen LogP contribution in [0.15, 0.2) is 24.4 Å². The number of benzene rings is 1. The first-order chi connectivity index (χ1) is 9.55. The third kappa shape index (κ3) is 2.50. The lowest BCUT2D eigenvalue weighted by Crippen LogP contribution is -2.47. The fraction of sp³-hybridized carbons (Fsp3) is 0.438. The number of rotatable bonds is 5. The van der Waals surface area contributed by atoms with E-state index in [9.17, 15) is 4.79 Å². The summed E-state index contributed by atoms with van der Waals surface area (Å²) in [7, 11) is 0. The Morgan fingerprint density at radius 1 is 1.25 bits per heavy atom.